The van der Waals surface area contributed by atoms with Crippen LogP contribution in [0.5, 0.6) is 0 Å². The minimum absolute atomic E-state index is 0.242. The van der Waals surface area contributed by atoms with E-state index in [1.54, 1.807) is 13.8 Å². The molecule has 0 aromatic rings. The van der Waals surface area contributed by atoms with Gasteiger partial charge < -0.3 is 5.32 Å². The predicted octanol–water partition coefficient (Wildman–Crippen LogP) is 0.148. The third-order valence-electron chi connectivity index (χ3n) is 0.836. The lowest BCUT2D eigenvalue weighted by Crippen LogP contribution is -2.29. The van der Waals surface area contributed by atoms with Crippen molar-refractivity contribution in [3.63, 3.8) is 0 Å². The Balaban J connectivity index is 3.79. The smallest absolute Gasteiger partial charge is 0.296 e. The zero-order chi connectivity index (χ0) is 7.98. The fraction of sp³-hybridized carbons (Fsp3) is 0.375. The molecule has 52 valence electrons. The first-order valence-electron chi connectivity index (χ1n) is 2.90. The molecule has 0 saturated carbocycles. The maximum Gasteiger partial charge on any atom is 0.296 e. The van der Waals surface area contributed by atoms with Crippen molar-refractivity contribution in [2.24, 2.45) is 0 Å². The maximum absolute atomic E-state index is 10.6. The van der Waals surface area contributed by atoms with E-state index in [2.05, 4.69) is 23.1 Å². The average Bonchev–Trinajstić information content (AvgIpc) is 1.88. The molecule has 0 rings (SSSR count). The molecule has 2 heteroatoms. The highest BCUT2D eigenvalue weighted by atomic mass is 16.1. The van der Waals surface area contributed by atoms with Crippen molar-refractivity contribution in [2.45, 2.75) is 19.9 Å². The van der Waals surface area contributed by atoms with Crippen molar-refractivity contribution in [1.29, 1.82) is 0 Å². The van der Waals surface area contributed by atoms with E-state index < -0.39 is 0 Å². The number of carbonyl (C=O) groups excluding carboxylic acids is 1. The Kier molecular flexibility index (Phi) is 3.84. The molecule has 0 fully saturated rings. The van der Waals surface area contributed by atoms with Crippen LogP contribution in [0.25, 0.3) is 0 Å². The van der Waals surface area contributed by atoms with Gasteiger partial charge in [0.25, 0.3) is 5.91 Å². The number of carbonyl (C=O) groups is 1. The first-order valence-corrected chi connectivity index (χ1v) is 2.90. The highest BCUT2D eigenvalue weighted by Crippen LogP contribution is 1.74. The SMILES string of the molecule is C#CC(C)NC(=O)C#CC. The van der Waals surface area contributed by atoms with E-state index in [9.17, 15) is 4.79 Å². The van der Waals surface area contributed by atoms with Gasteiger partial charge in [0, 0.05) is 0 Å². The van der Waals surface area contributed by atoms with Crippen LogP contribution in [0, 0.1) is 24.2 Å². The summed E-state index contributed by atoms with van der Waals surface area (Å²) in [7, 11) is 0. The van der Waals surface area contributed by atoms with Crippen LogP contribution in [0.1, 0.15) is 13.8 Å². The molecule has 1 unspecified atom stereocenters. The Morgan fingerprint density at radius 3 is 2.70 bits per heavy atom. The summed E-state index contributed by atoms with van der Waals surface area (Å²) in [6, 6.07) is -0.242. The molecule has 0 aromatic heterocycles. The van der Waals surface area contributed by atoms with E-state index in [1.165, 1.54) is 0 Å². The lowest BCUT2D eigenvalue weighted by atomic mass is 10.3. The zero-order valence-electron chi connectivity index (χ0n) is 6.06. The van der Waals surface area contributed by atoms with Gasteiger partial charge in [-0.15, -0.1) is 6.42 Å². The molecular weight excluding hydrogens is 126 g/mol. The average molecular weight is 135 g/mol. The van der Waals surface area contributed by atoms with Gasteiger partial charge in [0.15, 0.2) is 0 Å². The molecule has 0 aliphatic heterocycles. The van der Waals surface area contributed by atoms with Crippen LogP contribution >= 0.6 is 0 Å². The van der Waals surface area contributed by atoms with Crippen molar-refractivity contribution in [2.75, 3.05) is 0 Å². The quantitative estimate of drug-likeness (QED) is 0.509. The van der Waals surface area contributed by atoms with Crippen molar-refractivity contribution in [1.82, 2.24) is 5.32 Å². The van der Waals surface area contributed by atoms with Gasteiger partial charge in [0.1, 0.15) is 0 Å². The second-order valence-electron chi connectivity index (χ2n) is 1.74. The van der Waals surface area contributed by atoms with Gasteiger partial charge in [-0.2, -0.15) is 0 Å². The largest absolute Gasteiger partial charge is 0.332 e. The number of amides is 1. The van der Waals surface area contributed by atoms with Crippen LogP contribution in [0.15, 0.2) is 0 Å². The second kappa shape index (κ2) is 4.47. The lowest BCUT2D eigenvalue weighted by Gasteiger charge is -2.01. The Bertz CT molecular complexity index is 214. The minimum atomic E-state index is -0.326. The molecule has 0 aromatic carbocycles. The van der Waals surface area contributed by atoms with Gasteiger partial charge in [0.2, 0.25) is 0 Å². The first-order chi connectivity index (χ1) is 4.70. The van der Waals surface area contributed by atoms with Gasteiger partial charge in [-0.1, -0.05) is 11.8 Å². The summed E-state index contributed by atoms with van der Waals surface area (Å²) in [5.41, 5.74) is 0. The highest BCUT2D eigenvalue weighted by molar-refractivity contribution is 5.93. The van der Waals surface area contributed by atoms with Crippen LogP contribution in [-0.4, -0.2) is 11.9 Å². The fourth-order valence-corrected chi connectivity index (χ4v) is 0.388. The number of nitrogens with one attached hydrogen (secondary N) is 1. The molecular formula is C8H9NO. The molecule has 0 bridgehead atoms. The van der Waals surface area contributed by atoms with Crippen LogP contribution in [0.2, 0.25) is 0 Å². The number of rotatable bonds is 1. The molecule has 0 saturated heterocycles. The molecule has 1 amide bonds. The van der Waals surface area contributed by atoms with E-state index >= 15 is 0 Å². The molecule has 0 heterocycles. The third kappa shape index (κ3) is 3.57. The van der Waals surface area contributed by atoms with E-state index in [1.807, 2.05) is 0 Å². The Hall–Kier alpha value is -1.41. The third-order valence-corrected chi connectivity index (χ3v) is 0.836. The van der Waals surface area contributed by atoms with Gasteiger partial charge in [0.05, 0.1) is 6.04 Å². The Morgan fingerprint density at radius 2 is 2.30 bits per heavy atom. The van der Waals surface area contributed by atoms with Crippen LogP contribution in [0.3, 0.4) is 0 Å². The summed E-state index contributed by atoms with van der Waals surface area (Å²) in [4.78, 5) is 10.6. The molecule has 0 radical (unpaired) electrons. The van der Waals surface area contributed by atoms with Gasteiger partial charge in [-0.25, -0.2) is 0 Å². The van der Waals surface area contributed by atoms with Crippen molar-refractivity contribution < 1.29 is 4.79 Å². The summed E-state index contributed by atoms with van der Waals surface area (Å²) in [6.45, 7) is 3.31. The monoisotopic (exact) mass is 135 g/mol. The van der Waals surface area contributed by atoms with E-state index in [4.69, 9.17) is 6.42 Å². The molecule has 0 aliphatic rings. The Morgan fingerprint density at radius 1 is 1.70 bits per heavy atom. The maximum atomic E-state index is 10.6. The van der Waals surface area contributed by atoms with Crippen LogP contribution < -0.4 is 5.32 Å². The van der Waals surface area contributed by atoms with Gasteiger partial charge >= 0.3 is 0 Å². The van der Waals surface area contributed by atoms with Gasteiger partial charge in [-0.05, 0) is 19.8 Å². The second-order valence-corrected chi connectivity index (χ2v) is 1.74. The van der Waals surface area contributed by atoms with Crippen LogP contribution in [-0.2, 0) is 4.79 Å². The molecule has 1 atom stereocenters. The van der Waals surface area contributed by atoms with Crippen molar-refractivity contribution in [3.8, 4) is 24.2 Å². The predicted molar refractivity (Wildman–Crippen MR) is 39.9 cm³/mol. The normalized spacial score (nSPS) is 10.1. The Labute approximate surface area is 61.0 Å². The lowest BCUT2D eigenvalue weighted by molar-refractivity contribution is -0.115. The first kappa shape index (κ1) is 8.59. The topological polar surface area (TPSA) is 29.1 Å². The van der Waals surface area contributed by atoms with Crippen molar-refractivity contribution >= 4 is 5.91 Å². The summed E-state index contributed by atoms with van der Waals surface area (Å²) in [6.07, 6.45) is 5.00. The number of hydrogen-bond acceptors (Lipinski definition) is 1. The standard InChI is InChI=1S/C8H9NO/c1-4-6-8(10)9-7(3)5-2/h2,7H,1,3H3,(H,9,10). The zero-order valence-corrected chi connectivity index (χ0v) is 6.06. The van der Waals surface area contributed by atoms with Crippen molar-refractivity contribution in [3.05, 3.63) is 0 Å². The molecule has 0 aliphatic carbocycles. The summed E-state index contributed by atoms with van der Waals surface area (Å²) in [5.74, 6) is 6.81. The van der Waals surface area contributed by atoms with E-state index in [-0.39, 0.29) is 11.9 Å². The highest BCUT2D eigenvalue weighted by Gasteiger charge is 1.97. The molecule has 0 spiro atoms. The summed E-state index contributed by atoms with van der Waals surface area (Å²) >= 11 is 0. The number of hydrogen-bond donors (Lipinski definition) is 1. The van der Waals surface area contributed by atoms with E-state index in [0.29, 0.717) is 0 Å². The number of terminal acetylenes is 1. The molecule has 10 heavy (non-hydrogen) atoms. The van der Waals surface area contributed by atoms with Gasteiger partial charge in [-0.3, -0.25) is 4.79 Å². The van der Waals surface area contributed by atoms with E-state index in [0.717, 1.165) is 0 Å². The molecule has 1 N–H and O–H groups in total. The fourth-order valence-electron chi connectivity index (χ4n) is 0.388. The minimum Gasteiger partial charge on any atom is -0.332 e. The summed E-state index contributed by atoms with van der Waals surface area (Å²) in [5, 5.41) is 2.48. The van der Waals surface area contributed by atoms with Crippen LogP contribution in [0.4, 0.5) is 0 Å². The molecule has 2 nitrogen and oxygen atoms in total. The summed E-state index contributed by atoms with van der Waals surface area (Å²) < 4.78 is 0.